The first-order valence-electron chi connectivity index (χ1n) is 11.9. The summed E-state index contributed by atoms with van der Waals surface area (Å²) in [5.41, 5.74) is 1.73. The number of fused-ring (bicyclic) bond motifs is 1. The first kappa shape index (κ1) is 24.0. The number of ether oxygens (including phenoxy) is 1. The summed E-state index contributed by atoms with van der Waals surface area (Å²) in [7, 11) is 0. The Labute approximate surface area is 189 Å². The van der Waals surface area contributed by atoms with Crippen molar-refractivity contribution in [2.75, 3.05) is 0 Å². The van der Waals surface area contributed by atoms with E-state index in [1.807, 2.05) is 24.3 Å². The Morgan fingerprint density at radius 3 is 2.75 bits per heavy atom. The van der Waals surface area contributed by atoms with E-state index in [4.69, 9.17) is 4.74 Å². The number of hydrogen-bond acceptors (Lipinski definition) is 5. The van der Waals surface area contributed by atoms with Gasteiger partial charge in [-0.3, -0.25) is 14.4 Å². The molecule has 1 fully saturated rings. The third kappa shape index (κ3) is 5.96. The minimum atomic E-state index is -0.859. The summed E-state index contributed by atoms with van der Waals surface area (Å²) in [6.07, 6.45) is 5.57. The van der Waals surface area contributed by atoms with Crippen molar-refractivity contribution in [1.82, 2.24) is 14.9 Å². The van der Waals surface area contributed by atoms with Crippen LogP contribution in [0.25, 0.3) is 11.0 Å². The van der Waals surface area contributed by atoms with Crippen LogP contribution in [0.5, 0.6) is 0 Å². The highest BCUT2D eigenvalue weighted by Crippen LogP contribution is 2.23. The van der Waals surface area contributed by atoms with E-state index < -0.39 is 12.1 Å². The maximum atomic E-state index is 13.0. The molecule has 2 aromatic rings. The summed E-state index contributed by atoms with van der Waals surface area (Å²) >= 11 is 0. The molecule has 0 bridgehead atoms. The molecule has 3 rings (SSSR count). The number of benzene rings is 1. The quantitative estimate of drug-likeness (QED) is 0.599. The van der Waals surface area contributed by atoms with Gasteiger partial charge in [0.25, 0.3) is 11.5 Å². The molecule has 1 aliphatic rings. The number of esters is 1. The molecular formula is C25H35N3O4. The van der Waals surface area contributed by atoms with Gasteiger partial charge in [0.05, 0.1) is 17.5 Å². The first-order chi connectivity index (χ1) is 15.4. The van der Waals surface area contributed by atoms with Crippen molar-refractivity contribution < 1.29 is 14.3 Å². The normalized spacial score (nSPS) is 19.5. The van der Waals surface area contributed by atoms with E-state index >= 15 is 0 Å². The summed E-state index contributed by atoms with van der Waals surface area (Å²) < 4.78 is 7.09. The molecule has 0 radical (unpaired) electrons. The minimum Gasteiger partial charge on any atom is -0.453 e. The van der Waals surface area contributed by atoms with Gasteiger partial charge in [0.15, 0.2) is 6.10 Å². The molecule has 0 spiro atoms. The number of aromatic nitrogens is 2. The molecule has 7 nitrogen and oxygen atoms in total. The number of rotatable bonds is 9. The van der Waals surface area contributed by atoms with Crippen LogP contribution >= 0.6 is 0 Å². The number of hydrogen-bond donors (Lipinski definition) is 1. The zero-order valence-corrected chi connectivity index (χ0v) is 19.4. The number of carbonyl (C=O) groups excluding carboxylic acids is 2. The third-order valence-corrected chi connectivity index (χ3v) is 6.34. The van der Waals surface area contributed by atoms with Gasteiger partial charge in [-0.2, -0.15) is 0 Å². The highest BCUT2D eigenvalue weighted by Gasteiger charge is 2.26. The number of carbonyl (C=O) groups is 2. The predicted octanol–water partition coefficient (Wildman–Crippen LogP) is 3.76. The predicted molar refractivity (Wildman–Crippen MR) is 124 cm³/mol. The first-order valence-corrected chi connectivity index (χ1v) is 11.9. The maximum absolute atomic E-state index is 13.0. The van der Waals surface area contributed by atoms with Gasteiger partial charge in [-0.05, 0) is 44.2 Å². The van der Waals surface area contributed by atoms with E-state index in [-0.39, 0.29) is 30.3 Å². The Hall–Kier alpha value is -2.70. The molecule has 1 saturated carbocycles. The molecule has 3 unspecified atom stereocenters. The van der Waals surface area contributed by atoms with E-state index in [1.165, 1.54) is 6.42 Å². The molecule has 1 aromatic heterocycles. The Morgan fingerprint density at radius 2 is 2.00 bits per heavy atom. The second-order valence-electron chi connectivity index (χ2n) is 8.87. The van der Waals surface area contributed by atoms with E-state index in [9.17, 15) is 14.4 Å². The summed E-state index contributed by atoms with van der Waals surface area (Å²) in [5, 5.41) is 3.02. The Kier molecular flexibility index (Phi) is 8.42. The molecule has 1 aromatic carbocycles. The van der Waals surface area contributed by atoms with Crippen molar-refractivity contribution in [3.63, 3.8) is 0 Å². The van der Waals surface area contributed by atoms with Gasteiger partial charge in [0.2, 0.25) is 0 Å². The monoisotopic (exact) mass is 441 g/mol. The molecule has 1 N–H and O–H groups in total. The van der Waals surface area contributed by atoms with E-state index in [0.29, 0.717) is 18.2 Å². The lowest BCUT2D eigenvalue weighted by Crippen LogP contribution is -2.46. The van der Waals surface area contributed by atoms with Crippen LogP contribution in [0.2, 0.25) is 0 Å². The smallest absolute Gasteiger partial charge is 0.306 e. The average molecular weight is 442 g/mol. The zero-order valence-electron chi connectivity index (χ0n) is 19.4. The number of unbranched alkanes of at least 4 members (excludes halogenated alkanes) is 1. The molecule has 7 heteroatoms. The Balaban J connectivity index is 1.61. The molecule has 1 amide bonds. The van der Waals surface area contributed by atoms with Gasteiger partial charge in [0.1, 0.15) is 5.69 Å². The van der Waals surface area contributed by atoms with Crippen LogP contribution in [0.3, 0.4) is 0 Å². The third-order valence-electron chi connectivity index (χ3n) is 6.34. The van der Waals surface area contributed by atoms with Gasteiger partial charge in [0, 0.05) is 19.0 Å². The number of amides is 1. The molecule has 32 heavy (non-hydrogen) atoms. The lowest BCUT2D eigenvalue weighted by Gasteiger charge is -2.30. The molecule has 0 saturated heterocycles. The molecular weight excluding hydrogens is 406 g/mol. The van der Waals surface area contributed by atoms with Crippen LogP contribution in [0.15, 0.2) is 29.1 Å². The largest absolute Gasteiger partial charge is 0.453 e. The van der Waals surface area contributed by atoms with Gasteiger partial charge >= 0.3 is 5.97 Å². The molecule has 1 aliphatic carbocycles. The lowest BCUT2D eigenvalue weighted by atomic mass is 9.86. The zero-order chi connectivity index (χ0) is 23.1. The van der Waals surface area contributed by atoms with Crippen LogP contribution < -0.4 is 10.9 Å². The van der Waals surface area contributed by atoms with Crippen LogP contribution in [-0.2, 0) is 27.3 Å². The SMILES string of the molecule is CCCCn1c(=O)c(CCC(=O)OC(C)C(=O)NC2CCCCC2C)nc2ccccc21. The summed E-state index contributed by atoms with van der Waals surface area (Å²) in [6, 6.07) is 7.68. The van der Waals surface area contributed by atoms with Gasteiger partial charge < -0.3 is 14.6 Å². The maximum Gasteiger partial charge on any atom is 0.306 e. The van der Waals surface area contributed by atoms with E-state index in [2.05, 4.69) is 24.1 Å². The second kappa shape index (κ2) is 11.2. The summed E-state index contributed by atoms with van der Waals surface area (Å²) in [5.74, 6) is -0.328. The fraction of sp³-hybridized carbons (Fsp3) is 0.600. The fourth-order valence-electron chi connectivity index (χ4n) is 4.31. The standard InChI is InChI=1S/C25H35N3O4/c1-4-5-16-28-22-13-9-8-12-20(22)26-21(25(28)31)14-15-23(29)32-18(3)24(30)27-19-11-7-6-10-17(19)2/h8-9,12-13,17-19H,4-7,10-11,14-16H2,1-3H3,(H,27,30). The molecule has 174 valence electrons. The lowest BCUT2D eigenvalue weighted by molar-refractivity contribution is -0.155. The summed E-state index contributed by atoms with van der Waals surface area (Å²) in [6.45, 7) is 6.43. The highest BCUT2D eigenvalue weighted by atomic mass is 16.5. The van der Waals surface area contributed by atoms with Crippen LogP contribution in [0.1, 0.15) is 71.4 Å². The van der Waals surface area contributed by atoms with Crippen LogP contribution in [0, 0.1) is 5.92 Å². The number of aryl methyl sites for hydroxylation is 2. The summed E-state index contributed by atoms with van der Waals surface area (Å²) in [4.78, 5) is 42.3. The van der Waals surface area contributed by atoms with Crippen molar-refractivity contribution in [3.8, 4) is 0 Å². The van der Waals surface area contributed by atoms with Crippen molar-refractivity contribution in [1.29, 1.82) is 0 Å². The van der Waals surface area contributed by atoms with Crippen molar-refractivity contribution in [2.24, 2.45) is 5.92 Å². The van der Waals surface area contributed by atoms with Gasteiger partial charge in [-0.1, -0.05) is 45.2 Å². The molecule has 0 aliphatic heterocycles. The van der Waals surface area contributed by atoms with Crippen LogP contribution in [0.4, 0.5) is 0 Å². The number of nitrogens with one attached hydrogen (secondary N) is 1. The number of nitrogens with zero attached hydrogens (tertiary/aromatic N) is 2. The Bertz CT molecular complexity index is 1000. The average Bonchev–Trinajstić information content (AvgIpc) is 2.78. The van der Waals surface area contributed by atoms with E-state index in [0.717, 1.165) is 43.1 Å². The van der Waals surface area contributed by atoms with E-state index in [1.54, 1.807) is 11.5 Å². The fourth-order valence-corrected chi connectivity index (χ4v) is 4.31. The van der Waals surface area contributed by atoms with Gasteiger partial charge in [-0.25, -0.2) is 4.98 Å². The van der Waals surface area contributed by atoms with Crippen LogP contribution in [-0.4, -0.2) is 33.6 Å². The van der Waals surface area contributed by atoms with Crippen molar-refractivity contribution in [3.05, 3.63) is 40.3 Å². The molecule has 3 atom stereocenters. The number of para-hydroxylation sites is 2. The minimum absolute atomic E-state index is 0.00576. The second-order valence-corrected chi connectivity index (χ2v) is 8.87. The Morgan fingerprint density at radius 1 is 1.25 bits per heavy atom. The topological polar surface area (TPSA) is 90.3 Å². The van der Waals surface area contributed by atoms with Crippen molar-refractivity contribution in [2.45, 2.75) is 90.8 Å². The van der Waals surface area contributed by atoms with Crippen molar-refractivity contribution >= 4 is 22.9 Å². The van der Waals surface area contributed by atoms with Gasteiger partial charge in [-0.15, -0.1) is 0 Å². The highest BCUT2D eigenvalue weighted by molar-refractivity contribution is 5.83. The molecule has 1 heterocycles.